The summed E-state index contributed by atoms with van der Waals surface area (Å²) in [4.78, 5) is 1.98. The summed E-state index contributed by atoms with van der Waals surface area (Å²) in [6, 6.07) is 8.07. The Labute approximate surface area is 106 Å². The number of nitrogens with two attached hydrogens (primary N) is 1. The van der Waals surface area contributed by atoms with E-state index < -0.39 is 0 Å². The van der Waals surface area contributed by atoms with Crippen LogP contribution in [0, 0.1) is 12.3 Å². The molecule has 0 atom stereocenters. The minimum Gasteiger partial charge on any atom is -0.388 e. The van der Waals surface area contributed by atoms with Gasteiger partial charge in [-0.05, 0) is 6.92 Å². The van der Waals surface area contributed by atoms with Crippen LogP contribution in [0.15, 0.2) is 24.3 Å². The molecule has 1 aromatic heterocycles. The van der Waals surface area contributed by atoms with E-state index in [4.69, 9.17) is 11.1 Å². The maximum absolute atomic E-state index is 7.26. The minimum atomic E-state index is 0.186. The molecular weight excluding hydrogens is 226 g/mol. The van der Waals surface area contributed by atoms with Crippen molar-refractivity contribution in [2.24, 2.45) is 5.73 Å². The molecule has 0 fully saturated rings. The summed E-state index contributed by atoms with van der Waals surface area (Å²) in [6.45, 7) is 2.62. The zero-order valence-electron chi connectivity index (χ0n) is 10.6. The summed E-state index contributed by atoms with van der Waals surface area (Å²) in [5.41, 5.74) is 6.30. The van der Waals surface area contributed by atoms with Crippen LogP contribution in [-0.4, -0.2) is 29.6 Å². The second kappa shape index (κ2) is 5.00. The first kappa shape index (κ1) is 12.3. The molecule has 0 bridgehead atoms. The first-order valence-corrected chi connectivity index (χ1v) is 5.85. The van der Waals surface area contributed by atoms with Gasteiger partial charge in [0, 0.05) is 30.8 Å². The van der Waals surface area contributed by atoms with E-state index >= 15 is 0 Å². The second-order valence-electron chi connectivity index (χ2n) is 4.35. The van der Waals surface area contributed by atoms with Gasteiger partial charge in [-0.3, -0.25) is 5.41 Å². The van der Waals surface area contributed by atoms with Crippen molar-refractivity contribution < 1.29 is 0 Å². The number of aryl methyl sites for hydroxylation is 1. The van der Waals surface area contributed by atoms with Crippen LogP contribution in [0.4, 0.5) is 5.82 Å². The molecular formula is C13H17N5. The largest absolute Gasteiger partial charge is 0.388 e. The Morgan fingerprint density at radius 3 is 2.61 bits per heavy atom. The van der Waals surface area contributed by atoms with Crippen molar-refractivity contribution in [3.63, 3.8) is 0 Å². The molecule has 0 radical (unpaired) electrons. The Hall–Kier alpha value is -2.17. The number of nitrogens with one attached hydrogen (secondary N) is 1. The fraction of sp³-hybridized carbons (Fsp3) is 0.308. The normalized spacial score (nSPS) is 10.6. The Bertz CT molecular complexity index is 579. The van der Waals surface area contributed by atoms with Crippen LogP contribution in [-0.2, 0) is 0 Å². The molecule has 94 valence electrons. The van der Waals surface area contributed by atoms with Gasteiger partial charge in [0.1, 0.15) is 0 Å². The topological polar surface area (TPSA) is 78.9 Å². The van der Waals surface area contributed by atoms with E-state index in [-0.39, 0.29) is 5.84 Å². The van der Waals surface area contributed by atoms with E-state index in [0.717, 1.165) is 22.3 Å². The van der Waals surface area contributed by atoms with Gasteiger partial charge in [0.25, 0.3) is 0 Å². The third-order valence-corrected chi connectivity index (χ3v) is 2.93. The highest BCUT2D eigenvalue weighted by Gasteiger charge is 2.10. The Kier molecular flexibility index (Phi) is 3.41. The van der Waals surface area contributed by atoms with Crippen LogP contribution in [0.3, 0.4) is 0 Å². The fourth-order valence-corrected chi connectivity index (χ4v) is 1.90. The van der Waals surface area contributed by atoms with Crippen LogP contribution >= 0.6 is 0 Å². The molecule has 0 aliphatic heterocycles. The third kappa shape index (κ3) is 2.40. The fourth-order valence-electron chi connectivity index (χ4n) is 1.90. The smallest absolute Gasteiger partial charge is 0.158 e. The SMILES string of the molecule is Cc1nnc(N(C)CCC(=N)N)c2ccccc12. The highest BCUT2D eigenvalue weighted by Crippen LogP contribution is 2.24. The number of hydrogen-bond acceptors (Lipinski definition) is 4. The summed E-state index contributed by atoms with van der Waals surface area (Å²) in [5, 5.41) is 17.9. The lowest BCUT2D eigenvalue weighted by Crippen LogP contribution is -2.25. The molecule has 0 aliphatic rings. The van der Waals surface area contributed by atoms with Gasteiger partial charge in [0.15, 0.2) is 5.82 Å². The van der Waals surface area contributed by atoms with Gasteiger partial charge < -0.3 is 10.6 Å². The van der Waals surface area contributed by atoms with Crippen LogP contribution in [0.1, 0.15) is 12.1 Å². The van der Waals surface area contributed by atoms with Crippen molar-refractivity contribution >= 4 is 22.4 Å². The number of anilines is 1. The molecule has 0 unspecified atom stereocenters. The van der Waals surface area contributed by atoms with Crippen molar-refractivity contribution in [2.45, 2.75) is 13.3 Å². The van der Waals surface area contributed by atoms with Crippen LogP contribution < -0.4 is 10.6 Å². The highest BCUT2D eigenvalue weighted by atomic mass is 15.2. The summed E-state index contributed by atoms with van der Waals surface area (Å²) in [7, 11) is 1.94. The zero-order chi connectivity index (χ0) is 13.1. The monoisotopic (exact) mass is 243 g/mol. The Morgan fingerprint density at radius 2 is 1.94 bits per heavy atom. The molecule has 5 nitrogen and oxygen atoms in total. The lowest BCUT2D eigenvalue weighted by molar-refractivity contribution is 0.865. The Morgan fingerprint density at radius 1 is 1.28 bits per heavy atom. The maximum Gasteiger partial charge on any atom is 0.158 e. The summed E-state index contributed by atoms with van der Waals surface area (Å²) in [6.07, 6.45) is 0.528. The van der Waals surface area contributed by atoms with Crippen molar-refractivity contribution in [1.82, 2.24) is 10.2 Å². The molecule has 5 heteroatoms. The molecule has 1 heterocycles. The molecule has 0 amide bonds. The van der Waals surface area contributed by atoms with Gasteiger partial charge in [-0.25, -0.2) is 0 Å². The van der Waals surface area contributed by atoms with E-state index in [1.54, 1.807) is 0 Å². The quantitative estimate of drug-likeness (QED) is 0.632. The molecule has 2 aromatic rings. The van der Waals surface area contributed by atoms with Crippen LogP contribution in [0.5, 0.6) is 0 Å². The van der Waals surface area contributed by atoms with Crippen LogP contribution in [0.25, 0.3) is 10.8 Å². The molecule has 1 aromatic carbocycles. The van der Waals surface area contributed by atoms with E-state index in [1.165, 1.54) is 0 Å². The lowest BCUT2D eigenvalue weighted by atomic mass is 10.1. The van der Waals surface area contributed by atoms with Crippen molar-refractivity contribution in [3.8, 4) is 0 Å². The number of rotatable bonds is 4. The zero-order valence-corrected chi connectivity index (χ0v) is 10.6. The number of hydrogen-bond donors (Lipinski definition) is 2. The molecule has 0 aliphatic carbocycles. The summed E-state index contributed by atoms with van der Waals surface area (Å²) < 4.78 is 0. The first-order valence-electron chi connectivity index (χ1n) is 5.85. The van der Waals surface area contributed by atoms with E-state index in [0.29, 0.717) is 13.0 Å². The van der Waals surface area contributed by atoms with Crippen molar-refractivity contribution in [2.75, 3.05) is 18.5 Å². The summed E-state index contributed by atoms with van der Waals surface area (Å²) >= 11 is 0. The average Bonchev–Trinajstić information content (AvgIpc) is 2.37. The lowest BCUT2D eigenvalue weighted by Gasteiger charge is -2.19. The number of fused-ring (bicyclic) bond motifs is 1. The molecule has 2 rings (SSSR count). The van der Waals surface area contributed by atoms with E-state index in [1.807, 2.05) is 43.1 Å². The van der Waals surface area contributed by atoms with E-state index in [9.17, 15) is 0 Å². The van der Waals surface area contributed by atoms with Gasteiger partial charge in [0.05, 0.1) is 11.5 Å². The van der Waals surface area contributed by atoms with Gasteiger partial charge in [-0.1, -0.05) is 24.3 Å². The molecule has 18 heavy (non-hydrogen) atoms. The average molecular weight is 243 g/mol. The second-order valence-corrected chi connectivity index (χ2v) is 4.35. The number of nitrogens with zero attached hydrogens (tertiary/aromatic N) is 3. The van der Waals surface area contributed by atoms with Crippen molar-refractivity contribution in [1.29, 1.82) is 5.41 Å². The standard InChI is InChI=1S/C13H17N5/c1-9-10-5-3-4-6-11(10)13(17-16-9)18(2)8-7-12(14)15/h3-6H,7-8H2,1-2H3,(H3,14,15). The predicted molar refractivity (Wildman–Crippen MR) is 74.1 cm³/mol. The molecule has 0 spiro atoms. The molecule has 0 saturated carbocycles. The predicted octanol–water partition coefficient (Wildman–Crippen LogP) is 1.70. The number of aromatic nitrogens is 2. The third-order valence-electron chi connectivity index (χ3n) is 2.93. The van der Waals surface area contributed by atoms with Gasteiger partial charge in [-0.15, -0.1) is 5.10 Å². The van der Waals surface area contributed by atoms with E-state index in [2.05, 4.69) is 10.2 Å². The van der Waals surface area contributed by atoms with Crippen molar-refractivity contribution in [3.05, 3.63) is 30.0 Å². The van der Waals surface area contributed by atoms with Gasteiger partial charge in [-0.2, -0.15) is 5.10 Å². The maximum atomic E-state index is 7.26. The highest BCUT2D eigenvalue weighted by molar-refractivity contribution is 5.93. The first-order chi connectivity index (χ1) is 8.59. The van der Waals surface area contributed by atoms with Crippen LogP contribution in [0.2, 0.25) is 0 Å². The Balaban J connectivity index is 2.39. The summed E-state index contributed by atoms with van der Waals surface area (Å²) in [5.74, 6) is 1.02. The molecule has 0 saturated heterocycles. The van der Waals surface area contributed by atoms with Gasteiger partial charge >= 0.3 is 0 Å². The minimum absolute atomic E-state index is 0.186. The number of benzene rings is 1. The molecule has 3 N–H and O–H groups in total. The number of amidine groups is 1. The van der Waals surface area contributed by atoms with Gasteiger partial charge in [0.2, 0.25) is 0 Å².